The van der Waals surface area contributed by atoms with E-state index in [0.29, 0.717) is 24.1 Å². The summed E-state index contributed by atoms with van der Waals surface area (Å²) in [6.07, 6.45) is 1.78. The van der Waals surface area contributed by atoms with E-state index in [9.17, 15) is 27.6 Å². The summed E-state index contributed by atoms with van der Waals surface area (Å²) in [7, 11) is 0. The second kappa shape index (κ2) is 10.6. The Morgan fingerprint density at radius 3 is 2.68 bits per heavy atom. The Balaban J connectivity index is 1.30. The van der Waals surface area contributed by atoms with Gasteiger partial charge in [0.15, 0.2) is 0 Å². The lowest BCUT2D eigenvalue weighted by Gasteiger charge is -2.37. The Kier molecular flexibility index (Phi) is 7.36. The quantitative estimate of drug-likeness (QED) is 0.415. The van der Waals surface area contributed by atoms with Gasteiger partial charge in [-0.1, -0.05) is 12.1 Å². The summed E-state index contributed by atoms with van der Waals surface area (Å²) in [5.41, 5.74) is 0.398. The van der Waals surface area contributed by atoms with Crippen molar-refractivity contribution in [1.29, 1.82) is 5.26 Å². The maximum atomic E-state index is 13.8. The average molecular weight is 529 g/mol. The summed E-state index contributed by atoms with van der Waals surface area (Å²) in [5.74, 6) is -0.970. The van der Waals surface area contributed by atoms with Crippen molar-refractivity contribution >= 4 is 11.7 Å². The standard InChI is InChI=1S/C29H32F4N4O/c30-26-8-7-23(17-25(26)29(31,32)33)35-27(38)37(14-4-13-36-11-1-2-12-36)24-9-10-28(18-22(28)16-24)21-6-3-5-20(15-21)19-34/h3,5-8,15,17,22,24H,1-2,4,9-14,16,18H2,(H,35,38)/t22?,24-,28+/m1/s1. The summed E-state index contributed by atoms with van der Waals surface area (Å²) >= 11 is 0. The number of rotatable bonds is 7. The number of amides is 2. The number of nitrogens with zero attached hydrogens (tertiary/aromatic N) is 3. The highest BCUT2D eigenvalue weighted by atomic mass is 19.4. The van der Waals surface area contributed by atoms with Crippen LogP contribution in [0.5, 0.6) is 0 Å². The van der Waals surface area contributed by atoms with Crippen molar-refractivity contribution in [3.05, 3.63) is 65.0 Å². The van der Waals surface area contributed by atoms with E-state index in [1.54, 1.807) is 11.0 Å². The fourth-order valence-corrected chi connectivity index (χ4v) is 6.48. The molecule has 2 aromatic carbocycles. The van der Waals surface area contributed by atoms with Gasteiger partial charge in [0.05, 0.1) is 17.2 Å². The van der Waals surface area contributed by atoms with Crippen LogP contribution in [-0.4, -0.2) is 48.1 Å². The van der Waals surface area contributed by atoms with Crippen LogP contribution < -0.4 is 5.32 Å². The molecule has 5 rings (SSSR count). The maximum Gasteiger partial charge on any atom is 0.419 e. The molecule has 9 heteroatoms. The molecule has 3 atom stereocenters. The molecule has 2 saturated carbocycles. The van der Waals surface area contributed by atoms with E-state index in [1.807, 2.05) is 12.1 Å². The smallest absolute Gasteiger partial charge is 0.321 e. The first kappa shape index (κ1) is 26.5. The number of halogens is 4. The number of hydrogen-bond donors (Lipinski definition) is 1. The van der Waals surface area contributed by atoms with Crippen molar-refractivity contribution in [2.45, 2.75) is 62.6 Å². The molecule has 3 aliphatic rings. The van der Waals surface area contributed by atoms with E-state index in [2.05, 4.69) is 22.4 Å². The van der Waals surface area contributed by atoms with E-state index in [4.69, 9.17) is 0 Å². The minimum atomic E-state index is -4.85. The van der Waals surface area contributed by atoms with Gasteiger partial charge in [0.1, 0.15) is 5.82 Å². The fraction of sp³-hybridized carbons (Fsp3) is 0.517. The van der Waals surface area contributed by atoms with Gasteiger partial charge < -0.3 is 15.1 Å². The SMILES string of the molecule is N#Cc1cccc([C@@]23CC[C@@H](N(CCCN4CCCC4)C(=O)Nc4ccc(F)c(C(F)(F)F)c4)CC2C3)c1. The van der Waals surface area contributed by atoms with Gasteiger partial charge in [-0.15, -0.1) is 0 Å². The Morgan fingerprint density at radius 2 is 1.97 bits per heavy atom. The number of benzene rings is 2. The molecular weight excluding hydrogens is 496 g/mol. The average Bonchev–Trinajstić information content (AvgIpc) is 3.41. The first-order valence-corrected chi connectivity index (χ1v) is 13.4. The highest BCUT2D eigenvalue weighted by molar-refractivity contribution is 5.89. The Labute approximate surface area is 220 Å². The predicted molar refractivity (Wildman–Crippen MR) is 136 cm³/mol. The van der Waals surface area contributed by atoms with Crippen LogP contribution in [0.2, 0.25) is 0 Å². The summed E-state index contributed by atoms with van der Waals surface area (Å²) in [6.45, 7) is 3.49. The molecule has 2 aromatic rings. The van der Waals surface area contributed by atoms with Gasteiger partial charge in [0.25, 0.3) is 0 Å². The first-order valence-electron chi connectivity index (χ1n) is 13.4. The summed E-state index contributed by atoms with van der Waals surface area (Å²) < 4.78 is 53.4. The lowest BCUT2D eigenvalue weighted by molar-refractivity contribution is -0.139. The number of nitrogens with one attached hydrogen (secondary N) is 1. The van der Waals surface area contributed by atoms with E-state index < -0.39 is 23.6 Å². The number of likely N-dealkylation sites (tertiary alicyclic amines) is 1. The van der Waals surface area contributed by atoms with Crippen LogP contribution in [-0.2, 0) is 11.6 Å². The third kappa shape index (κ3) is 5.51. The molecule has 202 valence electrons. The van der Waals surface area contributed by atoms with E-state index in [0.717, 1.165) is 57.8 Å². The van der Waals surface area contributed by atoms with Crippen LogP contribution in [0.15, 0.2) is 42.5 Å². The lowest BCUT2D eigenvalue weighted by atomic mass is 9.80. The third-order valence-corrected chi connectivity index (χ3v) is 8.58. The molecular formula is C29H32F4N4O. The molecule has 2 amide bonds. The van der Waals surface area contributed by atoms with Crippen molar-refractivity contribution in [2.75, 3.05) is 31.5 Å². The van der Waals surface area contributed by atoms with Gasteiger partial charge in [-0.2, -0.15) is 18.4 Å². The van der Waals surface area contributed by atoms with Crippen molar-refractivity contribution in [3.8, 4) is 6.07 Å². The number of anilines is 1. The Morgan fingerprint density at radius 1 is 1.18 bits per heavy atom. The normalized spacial score (nSPS) is 24.9. The number of fused-ring (bicyclic) bond motifs is 1. The van der Waals surface area contributed by atoms with Crippen LogP contribution in [0, 0.1) is 23.1 Å². The predicted octanol–water partition coefficient (Wildman–Crippen LogP) is 6.55. The molecule has 0 radical (unpaired) electrons. The number of hydrogen-bond acceptors (Lipinski definition) is 3. The van der Waals surface area contributed by atoms with Gasteiger partial charge in [-0.05, 0) is 112 Å². The number of nitriles is 1. The molecule has 1 unspecified atom stereocenters. The van der Waals surface area contributed by atoms with E-state index in [-0.39, 0.29) is 17.1 Å². The van der Waals surface area contributed by atoms with Crippen molar-refractivity contribution in [1.82, 2.24) is 9.80 Å². The summed E-state index contributed by atoms with van der Waals surface area (Å²) in [4.78, 5) is 17.6. The van der Waals surface area contributed by atoms with Gasteiger partial charge in [-0.3, -0.25) is 0 Å². The van der Waals surface area contributed by atoms with Gasteiger partial charge >= 0.3 is 12.2 Å². The molecule has 5 nitrogen and oxygen atoms in total. The van der Waals surface area contributed by atoms with Gasteiger partial charge in [0, 0.05) is 18.3 Å². The number of carbonyl (C=O) groups excluding carboxylic acids is 1. The molecule has 1 heterocycles. The van der Waals surface area contributed by atoms with Gasteiger partial charge in [0.2, 0.25) is 0 Å². The molecule has 1 N–H and O–H groups in total. The van der Waals surface area contributed by atoms with E-state index >= 15 is 0 Å². The molecule has 1 aliphatic heterocycles. The second-order valence-corrected chi connectivity index (χ2v) is 10.9. The van der Waals surface area contributed by atoms with Crippen LogP contribution in [0.25, 0.3) is 0 Å². The molecule has 0 aromatic heterocycles. The zero-order chi connectivity index (χ0) is 26.9. The lowest BCUT2D eigenvalue weighted by Crippen LogP contribution is -2.46. The molecule has 0 bridgehead atoms. The summed E-state index contributed by atoms with van der Waals surface area (Å²) in [5, 5.41) is 11.9. The Hall–Kier alpha value is -3.12. The minimum absolute atomic E-state index is 0.0316. The largest absolute Gasteiger partial charge is 0.419 e. The zero-order valence-electron chi connectivity index (χ0n) is 21.2. The molecule has 38 heavy (non-hydrogen) atoms. The van der Waals surface area contributed by atoms with Crippen LogP contribution in [0.1, 0.15) is 61.6 Å². The molecule has 0 spiro atoms. The fourth-order valence-electron chi connectivity index (χ4n) is 6.48. The highest BCUT2D eigenvalue weighted by Crippen LogP contribution is 2.63. The van der Waals surface area contributed by atoms with Crippen molar-refractivity contribution in [2.24, 2.45) is 5.92 Å². The topological polar surface area (TPSA) is 59.4 Å². The van der Waals surface area contributed by atoms with Crippen LogP contribution >= 0.6 is 0 Å². The third-order valence-electron chi connectivity index (χ3n) is 8.58. The summed E-state index contributed by atoms with van der Waals surface area (Å²) in [6, 6.07) is 12.1. The second-order valence-electron chi connectivity index (χ2n) is 10.9. The molecule has 1 saturated heterocycles. The minimum Gasteiger partial charge on any atom is -0.321 e. The number of carbonyl (C=O) groups is 1. The zero-order valence-corrected chi connectivity index (χ0v) is 21.2. The monoisotopic (exact) mass is 528 g/mol. The Bertz CT molecular complexity index is 1220. The van der Waals surface area contributed by atoms with Crippen LogP contribution in [0.3, 0.4) is 0 Å². The number of alkyl halides is 3. The first-order chi connectivity index (χ1) is 18.2. The molecule has 2 aliphatic carbocycles. The highest BCUT2D eigenvalue weighted by Gasteiger charge is 2.58. The maximum absolute atomic E-state index is 13.8. The van der Waals surface area contributed by atoms with Crippen molar-refractivity contribution < 1.29 is 22.4 Å². The van der Waals surface area contributed by atoms with Gasteiger partial charge in [-0.25, -0.2) is 9.18 Å². The van der Waals surface area contributed by atoms with E-state index in [1.165, 1.54) is 24.5 Å². The van der Waals surface area contributed by atoms with Crippen LogP contribution in [0.4, 0.5) is 28.0 Å². The van der Waals surface area contributed by atoms with Crippen molar-refractivity contribution in [3.63, 3.8) is 0 Å². The molecule has 3 fully saturated rings. The number of urea groups is 1.